The molecule has 0 amide bonds. The molecule has 40 heavy (non-hydrogen) atoms. The number of carboxylic acids is 2. The largest absolute Gasteiger partial charge is 0.481 e. The number of allylic oxidation sites excluding steroid dienone is 6. The predicted molar refractivity (Wildman–Crippen MR) is 172 cm³/mol. The van der Waals surface area contributed by atoms with Crippen LogP contribution in [0.25, 0.3) is 0 Å². The number of carboxylic acid groups (broad SMARTS) is 2. The summed E-state index contributed by atoms with van der Waals surface area (Å²) in [4.78, 5) is 21.5. The molecule has 0 saturated carbocycles. The van der Waals surface area contributed by atoms with E-state index in [1.807, 2.05) is 0 Å². The Morgan fingerprint density at radius 3 is 1.55 bits per heavy atom. The van der Waals surface area contributed by atoms with E-state index in [4.69, 9.17) is 10.2 Å². The van der Waals surface area contributed by atoms with E-state index in [9.17, 15) is 9.59 Å². The highest BCUT2D eigenvalue weighted by Crippen LogP contribution is 2.29. The Bertz CT molecular complexity index is 676. The SMILES string of the molecule is CCCCC/C=C/C/C=C(\CCCCCCCC(=O)O)C(CC/C=C/CCCCC)CCCCCCCC(=O)O. The van der Waals surface area contributed by atoms with E-state index in [2.05, 4.69) is 44.2 Å². The number of hydrogen-bond acceptors (Lipinski definition) is 2. The van der Waals surface area contributed by atoms with Gasteiger partial charge in [0.1, 0.15) is 0 Å². The molecule has 2 N–H and O–H groups in total. The smallest absolute Gasteiger partial charge is 0.303 e. The van der Waals surface area contributed by atoms with Crippen LogP contribution in [0.1, 0.15) is 174 Å². The van der Waals surface area contributed by atoms with Crippen LogP contribution in [0.5, 0.6) is 0 Å². The van der Waals surface area contributed by atoms with Gasteiger partial charge in [-0.25, -0.2) is 0 Å². The van der Waals surface area contributed by atoms with Crippen LogP contribution in [0, 0.1) is 5.92 Å². The summed E-state index contributed by atoms with van der Waals surface area (Å²) in [6.45, 7) is 4.51. The number of unbranched alkanes of at least 4 members (excludes halogenated alkanes) is 14. The van der Waals surface area contributed by atoms with Gasteiger partial charge in [0.05, 0.1) is 0 Å². The minimum atomic E-state index is -0.683. The summed E-state index contributed by atoms with van der Waals surface area (Å²) in [7, 11) is 0. The summed E-state index contributed by atoms with van der Waals surface area (Å²) < 4.78 is 0. The molecule has 0 rings (SSSR count). The third-order valence-corrected chi connectivity index (χ3v) is 7.80. The summed E-state index contributed by atoms with van der Waals surface area (Å²) in [5, 5.41) is 17.7. The highest BCUT2D eigenvalue weighted by Gasteiger charge is 2.14. The van der Waals surface area contributed by atoms with Gasteiger partial charge >= 0.3 is 11.9 Å². The van der Waals surface area contributed by atoms with E-state index in [0.29, 0.717) is 18.8 Å². The molecule has 4 nitrogen and oxygen atoms in total. The fraction of sp³-hybridized carbons (Fsp3) is 0.778. The van der Waals surface area contributed by atoms with Crippen molar-refractivity contribution < 1.29 is 19.8 Å². The van der Waals surface area contributed by atoms with Crippen molar-refractivity contribution in [2.24, 2.45) is 5.92 Å². The van der Waals surface area contributed by atoms with Crippen molar-refractivity contribution in [1.29, 1.82) is 0 Å². The molecule has 0 heterocycles. The zero-order chi connectivity index (χ0) is 29.5. The van der Waals surface area contributed by atoms with Gasteiger partial charge in [-0.3, -0.25) is 9.59 Å². The van der Waals surface area contributed by atoms with E-state index >= 15 is 0 Å². The van der Waals surface area contributed by atoms with E-state index in [-0.39, 0.29) is 0 Å². The van der Waals surface area contributed by atoms with Gasteiger partial charge in [-0.2, -0.15) is 0 Å². The normalized spacial score (nSPS) is 13.0. The minimum Gasteiger partial charge on any atom is -0.481 e. The van der Waals surface area contributed by atoms with Gasteiger partial charge < -0.3 is 10.2 Å². The molecule has 0 aliphatic carbocycles. The Morgan fingerprint density at radius 1 is 0.525 bits per heavy atom. The lowest BCUT2D eigenvalue weighted by molar-refractivity contribution is -0.138. The van der Waals surface area contributed by atoms with Gasteiger partial charge in [0.2, 0.25) is 0 Å². The van der Waals surface area contributed by atoms with Crippen molar-refractivity contribution >= 4 is 11.9 Å². The molecule has 0 aromatic heterocycles. The van der Waals surface area contributed by atoms with E-state index in [1.165, 1.54) is 89.9 Å². The maximum absolute atomic E-state index is 10.8. The lowest BCUT2D eigenvalue weighted by atomic mass is 9.85. The fourth-order valence-electron chi connectivity index (χ4n) is 5.31. The number of carbonyl (C=O) groups is 2. The van der Waals surface area contributed by atoms with Crippen LogP contribution in [0.4, 0.5) is 0 Å². The van der Waals surface area contributed by atoms with Gasteiger partial charge in [-0.05, 0) is 83.0 Å². The topological polar surface area (TPSA) is 74.6 Å². The third-order valence-electron chi connectivity index (χ3n) is 7.80. The average molecular weight is 561 g/mol. The summed E-state index contributed by atoms with van der Waals surface area (Å²) in [6.07, 6.45) is 39.2. The van der Waals surface area contributed by atoms with Gasteiger partial charge in [-0.15, -0.1) is 0 Å². The Morgan fingerprint density at radius 2 is 1.00 bits per heavy atom. The maximum atomic E-state index is 10.8. The molecule has 0 aromatic rings. The predicted octanol–water partition coefficient (Wildman–Crippen LogP) is 11.6. The first-order valence-electron chi connectivity index (χ1n) is 16.9. The van der Waals surface area contributed by atoms with Gasteiger partial charge in [-0.1, -0.05) is 120 Å². The maximum Gasteiger partial charge on any atom is 0.303 e. The van der Waals surface area contributed by atoms with Gasteiger partial charge in [0.25, 0.3) is 0 Å². The Kier molecular flexibility index (Phi) is 28.7. The molecule has 232 valence electrons. The molecule has 0 aromatic carbocycles. The lowest BCUT2D eigenvalue weighted by Gasteiger charge is -2.21. The molecule has 1 unspecified atom stereocenters. The molecule has 4 heteroatoms. The van der Waals surface area contributed by atoms with Crippen molar-refractivity contribution in [2.45, 2.75) is 174 Å². The van der Waals surface area contributed by atoms with Crippen molar-refractivity contribution in [1.82, 2.24) is 0 Å². The molecular weight excluding hydrogens is 496 g/mol. The van der Waals surface area contributed by atoms with Crippen LogP contribution in [0.3, 0.4) is 0 Å². The highest BCUT2D eigenvalue weighted by atomic mass is 16.4. The van der Waals surface area contributed by atoms with Crippen LogP contribution in [-0.4, -0.2) is 22.2 Å². The first-order valence-corrected chi connectivity index (χ1v) is 16.9. The minimum absolute atomic E-state index is 0.292. The van der Waals surface area contributed by atoms with E-state index in [0.717, 1.165) is 57.8 Å². The van der Waals surface area contributed by atoms with Gasteiger partial charge in [0, 0.05) is 12.8 Å². The third kappa shape index (κ3) is 27.7. The van der Waals surface area contributed by atoms with Crippen molar-refractivity contribution in [2.75, 3.05) is 0 Å². The molecule has 0 spiro atoms. The summed E-state index contributed by atoms with van der Waals surface area (Å²) in [5.74, 6) is -0.740. The zero-order valence-electron chi connectivity index (χ0n) is 26.4. The summed E-state index contributed by atoms with van der Waals surface area (Å²) in [5.41, 5.74) is 1.63. The Labute approximate surface area is 247 Å². The molecular formula is C36H64O4. The van der Waals surface area contributed by atoms with E-state index in [1.54, 1.807) is 5.57 Å². The van der Waals surface area contributed by atoms with Crippen LogP contribution in [-0.2, 0) is 9.59 Å². The second-order valence-corrected chi connectivity index (χ2v) is 11.6. The monoisotopic (exact) mass is 560 g/mol. The molecule has 1 atom stereocenters. The molecule has 0 aliphatic rings. The average Bonchev–Trinajstić information content (AvgIpc) is 2.92. The second-order valence-electron chi connectivity index (χ2n) is 11.6. The van der Waals surface area contributed by atoms with Crippen molar-refractivity contribution in [3.05, 3.63) is 36.0 Å². The van der Waals surface area contributed by atoms with Crippen LogP contribution < -0.4 is 0 Å². The number of hydrogen-bond donors (Lipinski definition) is 2. The second kappa shape index (κ2) is 30.1. The molecule has 0 fully saturated rings. The fourth-order valence-corrected chi connectivity index (χ4v) is 5.31. The lowest BCUT2D eigenvalue weighted by Crippen LogP contribution is -2.06. The Balaban J connectivity index is 5.04. The first-order chi connectivity index (χ1) is 19.5. The van der Waals surface area contributed by atoms with E-state index < -0.39 is 11.9 Å². The van der Waals surface area contributed by atoms with Crippen LogP contribution >= 0.6 is 0 Å². The van der Waals surface area contributed by atoms with Crippen molar-refractivity contribution in [3.8, 4) is 0 Å². The molecule has 0 bridgehead atoms. The van der Waals surface area contributed by atoms with Gasteiger partial charge in [0.15, 0.2) is 0 Å². The Hall–Kier alpha value is -1.84. The number of rotatable bonds is 30. The van der Waals surface area contributed by atoms with Crippen LogP contribution in [0.15, 0.2) is 36.0 Å². The summed E-state index contributed by atoms with van der Waals surface area (Å²) in [6, 6.07) is 0. The standard InChI is InChI=1S/C36H64O4/c1-3-5-7-9-11-15-21-27-33(29-23-17-13-19-25-31-35(37)38)34(28-22-16-12-10-8-6-4-2)30-24-18-14-20-26-32-36(39)40/h11-12,15-16,27,34H,3-10,13-14,17-26,28-32H2,1-2H3,(H,37,38)(H,39,40)/b15-11+,16-12+,33-27+. The number of aliphatic carboxylic acids is 2. The van der Waals surface area contributed by atoms with Crippen molar-refractivity contribution in [3.63, 3.8) is 0 Å². The zero-order valence-corrected chi connectivity index (χ0v) is 26.4. The first kappa shape index (κ1) is 38.2. The quantitative estimate of drug-likeness (QED) is 0.0676. The highest BCUT2D eigenvalue weighted by molar-refractivity contribution is 5.66. The summed E-state index contributed by atoms with van der Waals surface area (Å²) >= 11 is 0. The van der Waals surface area contributed by atoms with Crippen LogP contribution in [0.2, 0.25) is 0 Å². The molecule has 0 radical (unpaired) electrons. The molecule has 0 saturated heterocycles. The molecule has 0 aliphatic heterocycles.